The number of benzene rings is 2. The molecule has 2 saturated heterocycles. The van der Waals surface area contributed by atoms with Crippen LogP contribution in [0.5, 0.6) is 23.0 Å². The number of ether oxygens (including phenoxy) is 5. The van der Waals surface area contributed by atoms with Gasteiger partial charge in [-0.2, -0.15) is 0 Å². The lowest BCUT2D eigenvalue weighted by Crippen LogP contribution is -2.60. The highest BCUT2D eigenvalue weighted by atomic mass is 16.7. The number of rotatable bonds is 11. The fourth-order valence-corrected chi connectivity index (χ4v) is 4.71. The summed E-state index contributed by atoms with van der Waals surface area (Å²) in [6.45, 7) is -1.39. The zero-order chi connectivity index (χ0) is 32.8. The summed E-state index contributed by atoms with van der Waals surface area (Å²) < 4.78 is 26.9. The molecule has 16 nitrogen and oxygen atoms in total. The standard InChI is InChI=1S/C29H36O16/c30-11-19-22(36)24(38)25(39)29(44-19)42-18-5-2-13(10-17(18)34)3-6-21(35)45-27-23(37)20(12-31)43-28(26(27)40)41-8-7-14-1-4-15(32)16(33)9-14/h1-6,9-10,19-20,22-34,36-40H,7-8,11-12H2/t19-,20-,22-,23-,24+,25-,26-,27+,28-,29-/m1/s1. The molecule has 0 aromatic heterocycles. The Hall–Kier alpha value is -3.55. The Labute approximate surface area is 256 Å². The minimum atomic E-state index is -1.70. The van der Waals surface area contributed by atoms with E-state index in [4.69, 9.17) is 23.7 Å². The van der Waals surface area contributed by atoms with Crippen LogP contribution in [0.1, 0.15) is 11.1 Å². The van der Waals surface area contributed by atoms with Crippen LogP contribution in [0, 0.1) is 0 Å². The first kappa shape index (κ1) is 34.3. The van der Waals surface area contributed by atoms with Gasteiger partial charge in [-0.05, 0) is 47.9 Å². The molecule has 0 spiro atoms. The summed E-state index contributed by atoms with van der Waals surface area (Å²) in [7, 11) is 0. The van der Waals surface area contributed by atoms with E-state index in [-0.39, 0.29) is 35.8 Å². The third kappa shape index (κ3) is 8.19. The second-order valence-corrected chi connectivity index (χ2v) is 10.4. The molecule has 248 valence electrons. The molecule has 0 saturated carbocycles. The summed E-state index contributed by atoms with van der Waals surface area (Å²) >= 11 is 0. The zero-order valence-corrected chi connectivity index (χ0v) is 23.6. The average molecular weight is 641 g/mol. The van der Waals surface area contributed by atoms with Crippen LogP contribution in [0.4, 0.5) is 0 Å². The first-order valence-electron chi connectivity index (χ1n) is 13.9. The topological polar surface area (TPSA) is 266 Å². The number of carbonyl (C=O) groups excluding carboxylic acids is 1. The first-order valence-corrected chi connectivity index (χ1v) is 13.9. The molecule has 2 aromatic rings. The van der Waals surface area contributed by atoms with E-state index in [9.17, 15) is 55.9 Å². The van der Waals surface area contributed by atoms with E-state index in [1.54, 1.807) is 6.07 Å². The van der Waals surface area contributed by atoms with Crippen molar-refractivity contribution < 1.29 is 79.5 Å². The number of aromatic hydroxyl groups is 3. The van der Waals surface area contributed by atoms with Gasteiger partial charge in [-0.3, -0.25) is 0 Å². The molecule has 0 bridgehead atoms. The number of phenolic OH excluding ortho intramolecular Hbond substituents is 3. The fourth-order valence-electron chi connectivity index (χ4n) is 4.71. The summed E-state index contributed by atoms with van der Waals surface area (Å²) in [6.07, 6.45) is -12.8. The lowest BCUT2D eigenvalue weighted by molar-refractivity contribution is -0.302. The van der Waals surface area contributed by atoms with Crippen LogP contribution < -0.4 is 4.74 Å². The van der Waals surface area contributed by atoms with Crippen LogP contribution in [0.15, 0.2) is 42.5 Å². The van der Waals surface area contributed by atoms with Gasteiger partial charge < -0.3 is 74.7 Å². The number of hydrogen-bond donors (Lipinski definition) is 10. The van der Waals surface area contributed by atoms with Crippen LogP contribution in [-0.2, 0) is 30.2 Å². The molecular formula is C29H36O16. The fraction of sp³-hybridized carbons (Fsp3) is 0.483. The van der Waals surface area contributed by atoms with E-state index in [2.05, 4.69) is 0 Å². The Bertz CT molecular complexity index is 1320. The quantitative estimate of drug-likeness (QED) is 0.0697. The van der Waals surface area contributed by atoms with Crippen molar-refractivity contribution in [1.82, 2.24) is 0 Å². The Morgan fingerprint density at radius 3 is 2.11 bits per heavy atom. The van der Waals surface area contributed by atoms with Crippen molar-refractivity contribution >= 4 is 12.0 Å². The van der Waals surface area contributed by atoms with Crippen LogP contribution in [-0.4, -0.2) is 138 Å². The Kier molecular flexibility index (Phi) is 11.6. The van der Waals surface area contributed by atoms with Crippen molar-refractivity contribution in [2.45, 2.75) is 67.8 Å². The van der Waals surface area contributed by atoms with Gasteiger partial charge in [0.05, 0.1) is 19.8 Å². The SMILES string of the molecule is O=C(C=Cc1ccc(O[C@@H]2O[C@H](CO)[C@@H](O)[C@H](O)[C@H]2O)c(O)c1)O[C@@H]1[C@@H](O)[C@H](OCCc2ccc(O)c(O)c2)O[C@H](CO)[C@H]1O. The maximum atomic E-state index is 12.6. The number of carbonyl (C=O) groups is 1. The molecule has 0 amide bonds. The lowest BCUT2D eigenvalue weighted by atomic mass is 9.99. The summed E-state index contributed by atoms with van der Waals surface area (Å²) in [5.41, 5.74) is 0.871. The molecule has 10 N–H and O–H groups in total. The highest BCUT2D eigenvalue weighted by Gasteiger charge is 2.47. The summed E-state index contributed by atoms with van der Waals surface area (Å²) in [5.74, 6) is -2.26. The predicted octanol–water partition coefficient (Wildman–Crippen LogP) is -2.39. The Morgan fingerprint density at radius 1 is 0.756 bits per heavy atom. The average Bonchev–Trinajstić information content (AvgIpc) is 3.02. The minimum Gasteiger partial charge on any atom is -0.504 e. The summed E-state index contributed by atoms with van der Waals surface area (Å²) in [4.78, 5) is 12.6. The van der Waals surface area contributed by atoms with Crippen molar-refractivity contribution in [3.05, 3.63) is 53.6 Å². The van der Waals surface area contributed by atoms with Crippen molar-refractivity contribution in [2.24, 2.45) is 0 Å². The number of phenols is 3. The van der Waals surface area contributed by atoms with Gasteiger partial charge in [-0.1, -0.05) is 12.1 Å². The highest BCUT2D eigenvalue weighted by Crippen LogP contribution is 2.32. The molecule has 4 rings (SSSR count). The predicted molar refractivity (Wildman–Crippen MR) is 149 cm³/mol. The maximum absolute atomic E-state index is 12.6. The molecule has 16 heteroatoms. The van der Waals surface area contributed by atoms with Crippen molar-refractivity contribution in [3.63, 3.8) is 0 Å². The van der Waals surface area contributed by atoms with Crippen LogP contribution in [0.25, 0.3) is 6.08 Å². The third-order valence-corrected chi connectivity index (χ3v) is 7.27. The molecule has 0 unspecified atom stereocenters. The van der Waals surface area contributed by atoms with Crippen molar-refractivity contribution in [1.29, 1.82) is 0 Å². The van der Waals surface area contributed by atoms with E-state index in [0.717, 1.165) is 6.08 Å². The molecule has 10 atom stereocenters. The molecule has 0 radical (unpaired) electrons. The van der Waals surface area contributed by atoms with Gasteiger partial charge in [0.1, 0.15) is 42.7 Å². The first-order chi connectivity index (χ1) is 21.4. The molecule has 0 aliphatic carbocycles. The van der Waals surface area contributed by atoms with Crippen LogP contribution in [0.2, 0.25) is 0 Å². The molecule has 2 aromatic carbocycles. The zero-order valence-electron chi connectivity index (χ0n) is 23.6. The van der Waals surface area contributed by atoms with Crippen LogP contribution >= 0.6 is 0 Å². The second kappa shape index (κ2) is 15.2. The van der Waals surface area contributed by atoms with Crippen molar-refractivity contribution in [3.8, 4) is 23.0 Å². The van der Waals surface area contributed by atoms with E-state index in [1.807, 2.05) is 0 Å². The number of aliphatic hydroxyl groups excluding tert-OH is 7. The van der Waals surface area contributed by atoms with E-state index in [0.29, 0.717) is 5.56 Å². The van der Waals surface area contributed by atoms with Gasteiger partial charge in [-0.15, -0.1) is 0 Å². The second-order valence-electron chi connectivity index (χ2n) is 10.4. The largest absolute Gasteiger partial charge is 0.504 e. The van der Waals surface area contributed by atoms with Gasteiger partial charge >= 0.3 is 5.97 Å². The van der Waals surface area contributed by atoms with E-state index < -0.39 is 86.3 Å². The highest BCUT2D eigenvalue weighted by molar-refractivity contribution is 5.87. The summed E-state index contributed by atoms with van der Waals surface area (Å²) in [6, 6.07) is 8.02. The Morgan fingerprint density at radius 2 is 1.44 bits per heavy atom. The van der Waals surface area contributed by atoms with Crippen LogP contribution in [0.3, 0.4) is 0 Å². The molecule has 45 heavy (non-hydrogen) atoms. The molecule has 2 aliphatic rings. The normalized spacial score (nSPS) is 32.0. The molecule has 2 fully saturated rings. The molecule has 2 aliphatic heterocycles. The van der Waals surface area contributed by atoms with Gasteiger partial charge in [0.25, 0.3) is 0 Å². The van der Waals surface area contributed by atoms with Gasteiger partial charge in [0.15, 0.2) is 35.4 Å². The summed E-state index contributed by atoms with van der Waals surface area (Å²) in [5, 5.41) is 99.6. The molecule has 2 heterocycles. The number of esters is 1. The third-order valence-electron chi connectivity index (χ3n) is 7.27. The number of aliphatic hydroxyl groups is 7. The van der Waals surface area contributed by atoms with E-state index >= 15 is 0 Å². The monoisotopic (exact) mass is 640 g/mol. The number of hydrogen-bond acceptors (Lipinski definition) is 16. The van der Waals surface area contributed by atoms with Gasteiger partial charge in [0.2, 0.25) is 6.29 Å². The smallest absolute Gasteiger partial charge is 0.331 e. The van der Waals surface area contributed by atoms with Crippen molar-refractivity contribution in [2.75, 3.05) is 19.8 Å². The molecular weight excluding hydrogens is 604 g/mol. The van der Waals surface area contributed by atoms with E-state index in [1.165, 1.54) is 36.4 Å². The minimum absolute atomic E-state index is 0.0413. The van der Waals surface area contributed by atoms with Gasteiger partial charge in [-0.25, -0.2) is 4.79 Å². The Balaban J connectivity index is 1.35. The van der Waals surface area contributed by atoms with Gasteiger partial charge in [0, 0.05) is 6.08 Å². The maximum Gasteiger partial charge on any atom is 0.331 e. The lowest BCUT2D eigenvalue weighted by Gasteiger charge is -2.41.